The van der Waals surface area contributed by atoms with Crippen LogP contribution in [0, 0.1) is 17.8 Å². The Hall–Kier alpha value is -1.52. The average molecular weight is 309 g/mol. The highest BCUT2D eigenvalue weighted by Crippen LogP contribution is 2.54. The lowest BCUT2D eigenvalue weighted by molar-refractivity contribution is 0.000202. The Kier molecular flexibility index (Phi) is 4.28. The van der Waals surface area contributed by atoms with Gasteiger partial charge in [0.15, 0.2) is 0 Å². The third kappa shape index (κ3) is 4.24. The van der Waals surface area contributed by atoms with Crippen molar-refractivity contribution >= 4 is 12.2 Å². The van der Waals surface area contributed by atoms with Gasteiger partial charge < -0.3 is 9.47 Å². The van der Waals surface area contributed by atoms with E-state index in [1.54, 1.807) is 41.5 Å². The fraction of sp³-hybridized carbons (Fsp3) is 0.765. The molecule has 3 atom stereocenters. The monoisotopic (exact) mass is 309 g/mol. The SMILES string of the molecule is CC(C)(C)OC(=O)N(C[C@@H]1C2C=CC[C@@H]21)C(=O)OC(C)(C)C. The Morgan fingerprint density at radius 1 is 1.05 bits per heavy atom. The van der Waals surface area contributed by atoms with Gasteiger partial charge in [-0.15, -0.1) is 0 Å². The predicted octanol–water partition coefficient (Wildman–Crippen LogP) is 3.98. The van der Waals surface area contributed by atoms with Gasteiger partial charge in [-0.05, 0) is 65.7 Å². The molecule has 0 aromatic carbocycles. The minimum absolute atomic E-state index is 0.338. The fourth-order valence-corrected chi connectivity index (χ4v) is 2.81. The summed E-state index contributed by atoms with van der Waals surface area (Å²) in [6, 6.07) is 0. The van der Waals surface area contributed by atoms with Gasteiger partial charge in [-0.25, -0.2) is 14.5 Å². The lowest BCUT2D eigenvalue weighted by atomic mass is 10.2. The number of nitrogens with zero attached hydrogens (tertiary/aromatic N) is 1. The summed E-state index contributed by atoms with van der Waals surface area (Å²) in [4.78, 5) is 25.8. The molecule has 1 unspecified atom stereocenters. The Labute approximate surface area is 132 Å². The number of ether oxygens (including phenoxy) is 2. The largest absolute Gasteiger partial charge is 0.443 e. The highest BCUT2D eigenvalue weighted by atomic mass is 16.6. The van der Waals surface area contributed by atoms with Crippen LogP contribution >= 0.6 is 0 Å². The van der Waals surface area contributed by atoms with Gasteiger partial charge in [0, 0.05) is 6.54 Å². The van der Waals surface area contributed by atoms with Crippen LogP contribution in [0.25, 0.3) is 0 Å². The van der Waals surface area contributed by atoms with Crippen molar-refractivity contribution in [1.82, 2.24) is 4.90 Å². The van der Waals surface area contributed by atoms with Gasteiger partial charge >= 0.3 is 12.2 Å². The van der Waals surface area contributed by atoms with E-state index in [1.807, 2.05) is 0 Å². The highest BCUT2D eigenvalue weighted by molar-refractivity contribution is 5.88. The number of amides is 2. The zero-order chi connectivity index (χ0) is 16.7. The van der Waals surface area contributed by atoms with Gasteiger partial charge in [0.1, 0.15) is 11.2 Å². The van der Waals surface area contributed by atoms with Crippen LogP contribution in [0.15, 0.2) is 12.2 Å². The topological polar surface area (TPSA) is 55.8 Å². The molecule has 5 heteroatoms. The van der Waals surface area contributed by atoms with Crippen LogP contribution in [-0.2, 0) is 9.47 Å². The van der Waals surface area contributed by atoms with Crippen LogP contribution in [0.1, 0.15) is 48.0 Å². The van der Waals surface area contributed by atoms with E-state index in [0.29, 0.717) is 24.3 Å². The van der Waals surface area contributed by atoms with Crippen LogP contribution in [0.2, 0.25) is 0 Å². The molecule has 2 rings (SSSR count). The van der Waals surface area contributed by atoms with Crippen molar-refractivity contribution in [3.63, 3.8) is 0 Å². The maximum Gasteiger partial charge on any atom is 0.419 e. The zero-order valence-corrected chi connectivity index (χ0v) is 14.4. The lowest BCUT2D eigenvalue weighted by Gasteiger charge is -2.28. The number of imide groups is 1. The summed E-state index contributed by atoms with van der Waals surface area (Å²) >= 11 is 0. The predicted molar refractivity (Wildman–Crippen MR) is 83.4 cm³/mol. The van der Waals surface area contributed by atoms with Gasteiger partial charge in [-0.2, -0.15) is 0 Å². The fourth-order valence-electron chi connectivity index (χ4n) is 2.81. The van der Waals surface area contributed by atoms with Crippen LogP contribution in [0.5, 0.6) is 0 Å². The summed E-state index contributed by atoms with van der Waals surface area (Å²) in [5, 5.41) is 0. The number of carbonyl (C=O) groups excluding carboxylic acids is 2. The molecule has 0 aliphatic heterocycles. The number of rotatable bonds is 2. The quantitative estimate of drug-likeness (QED) is 0.724. The van der Waals surface area contributed by atoms with Crippen LogP contribution in [0.3, 0.4) is 0 Å². The van der Waals surface area contributed by atoms with Crippen molar-refractivity contribution in [2.24, 2.45) is 17.8 Å². The van der Waals surface area contributed by atoms with Gasteiger partial charge in [-0.3, -0.25) is 0 Å². The Balaban J connectivity index is 2.05. The molecule has 2 amide bonds. The van der Waals surface area contributed by atoms with E-state index >= 15 is 0 Å². The first-order chi connectivity index (χ1) is 9.98. The van der Waals surface area contributed by atoms with Gasteiger partial charge in [0.25, 0.3) is 0 Å². The van der Waals surface area contributed by atoms with Crippen molar-refractivity contribution in [2.75, 3.05) is 6.54 Å². The van der Waals surface area contributed by atoms with E-state index in [2.05, 4.69) is 12.2 Å². The second kappa shape index (κ2) is 5.60. The van der Waals surface area contributed by atoms with Crippen molar-refractivity contribution in [2.45, 2.75) is 59.2 Å². The van der Waals surface area contributed by atoms with Crippen molar-refractivity contribution < 1.29 is 19.1 Å². The summed E-state index contributed by atoms with van der Waals surface area (Å²) in [5.41, 5.74) is -1.28. The van der Waals surface area contributed by atoms with Gasteiger partial charge in [0.05, 0.1) is 0 Å². The number of allylic oxidation sites excluding steroid dienone is 2. The third-order valence-corrected chi connectivity index (χ3v) is 3.79. The maximum absolute atomic E-state index is 12.4. The summed E-state index contributed by atoms with van der Waals surface area (Å²) in [6.07, 6.45) is 4.12. The molecule has 0 saturated heterocycles. The van der Waals surface area contributed by atoms with Crippen molar-refractivity contribution in [1.29, 1.82) is 0 Å². The molecule has 0 heterocycles. The molecular formula is C17H27NO4. The smallest absolute Gasteiger partial charge is 0.419 e. The van der Waals surface area contributed by atoms with E-state index in [4.69, 9.17) is 9.47 Å². The standard InChI is InChI=1S/C17H27NO4/c1-16(2,3)21-14(19)18(15(20)22-17(4,5)6)10-13-11-8-7-9-12(11)13/h7-8,11-13H,9-10H2,1-6H3/t11?,12-,13+/m0/s1. The minimum atomic E-state index is -0.642. The van der Waals surface area contributed by atoms with E-state index in [-0.39, 0.29) is 0 Å². The molecule has 0 bridgehead atoms. The molecule has 1 fully saturated rings. The van der Waals surface area contributed by atoms with Crippen LogP contribution < -0.4 is 0 Å². The number of hydrogen-bond acceptors (Lipinski definition) is 4. The number of hydrogen-bond donors (Lipinski definition) is 0. The third-order valence-electron chi connectivity index (χ3n) is 3.79. The van der Waals surface area contributed by atoms with Crippen molar-refractivity contribution in [3.8, 4) is 0 Å². The van der Waals surface area contributed by atoms with Crippen molar-refractivity contribution in [3.05, 3.63) is 12.2 Å². The molecule has 0 aromatic rings. The molecule has 0 aromatic heterocycles. The Bertz CT molecular complexity index is 456. The first-order valence-electron chi connectivity index (χ1n) is 7.88. The number of carbonyl (C=O) groups is 2. The second-order valence-corrected chi connectivity index (χ2v) is 8.14. The first-order valence-corrected chi connectivity index (χ1v) is 7.88. The minimum Gasteiger partial charge on any atom is -0.443 e. The number of fused-ring (bicyclic) bond motifs is 1. The Morgan fingerprint density at radius 3 is 1.91 bits per heavy atom. The molecular weight excluding hydrogens is 282 g/mol. The van der Waals surface area contributed by atoms with E-state index in [9.17, 15) is 9.59 Å². The molecule has 124 valence electrons. The van der Waals surface area contributed by atoms with Gasteiger partial charge in [0.2, 0.25) is 0 Å². The molecule has 22 heavy (non-hydrogen) atoms. The van der Waals surface area contributed by atoms with E-state index < -0.39 is 23.4 Å². The molecule has 0 spiro atoms. The van der Waals surface area contributed by atoms with Gasteiger partial charge in [-0.1, -0.05) is 12.2 Å². The van der Waals surface area contributed by atoms with E-state index in [1.165, 1.54) is 0 Å². The lowest BCUT2D eigenvalue weighted by Crippen LogP contribution is -2.44. The maximum atomic E-state index is 12.4. The summed E-state index contributed by atoms with van der Waals surface area (Å²) < 4.78 is 10.7. The summed E-state index contributed by atoms with van der Waals surface area (Å²) in [5.74, 6) is 1.39. The summed E-state index contributed by atoms with van der Waals surface area (Å²) in [7, 11) is 0. The average Bonchev–Trinajstić information content (AvgIpc) is 2.74. The molecule has 2 aliphatic rings. The highest BCUT2D eigenvalue weighted by Gasteiger charge is 2.52. The summed E-state index contributed by atoms with van der Waals surface area (Å²) in [6.45, 7) is 11.1. The van der Waals surface area contributed by atoms with Crippen LogP contribution in [0.4, 0.5) is 9.59 Å². The first kappa shape index (κ1) is 16.8. The zero-order valence-electron chi connectivity index (χ0n) is 14.4. The second-order valence-electron chi connectivity index (χ2n) is 8.14. The molecule has 5 nitrogen and oxygen atoms in total. The molecule has 0 radical (unpaired) electrons. The van der Waals surface area contributed by atoms with Crippen LogP contribution in [-0.4, -0.2) is 34.8 Å². The van der Waals surface area contributed by atoms with E-state index in [0.717, 1.165) is 11.3 Å². The molecule has 2 aliphatic carbocycles. The molecule has 1 saturated carbocycles. The molecule has 0 N–H and O–H groups in total. The normalized spacial score (nSPS) is 26.4. The Morgan fingerprint density at radius 2 is 1.55 bits per heavy atom.